The molecule has 0 fully saturated rings. The monoisotopic (exact) mass is 320 g/mol. The van der Waals surface area contributed by atoms with Gasteiger partial charge in [-0.1, -0.05) is 70.4 Å². The van der Waals surface area contributed by atoms with E-state index in [0.29, 0.717) is 6.42 Å². The summed E-state index contributed by atoms with van der Waals surface area (Å²) in [5.74, 6) is -0.271. The van der Waals surface area contributed by atoms with E-state index in [0.717, 1.165) is 12.8 Å². The average Bonchev–Trinajstić information content (AvgIpc) is 2.50. The predicted octanol–water partition coefficient (Wildman–Crippen LogP) is 5.15. The van der Waals surface area contributed by atoms with Gasteiger partial charge in [-0.25, -0.2) is 5.48 Å². The Morgan fingerprint density at radius 2 is 1.27 bits per heavy atom. The van der Waals surface area contributed by atoms with E-state index in [9.17, 15) is 4.79 Å². The molecule has 3 nitrogen and oxygen atoms in total. The molecule has 0 bridgehead atoms. The summed E-state index contributed by atoms with van der Waals surface area (Å²) in [6, 6.07) is 0. The molecular weight excluding hydrogens is 285 g/mol. The standard InChI is InChI=1S/C18H35NO2.Na/c1-2-3-4-5-6-7-8-9-10-11-12-13-14-15-16-17-18(20)19-21;/h9-10,21H,2-8,11-17H2,1H3,(H,19,20);. The Hall–Kier alpha value is 0.170. The number of rotatable bonds is 15. The van der Waals surface area contributed by atoms with Crippen molar-refractivity contribution in [2.24, 2.45) is 0 Å². The van der Waals surface area contributed by atoms with Crippen LogP contribution in [-0.4, -0.2) is 40.7 Å². The van der Waals surface area contributed by atoms with Crippen LogP contribution in [0.4, 0.5) is 0 Å². The van der Waals surface area contributed by atoms with Gasteiger partial charge in [0.05, 0.1) is 0 Å². The molecule has 0 aromatic heterocycles. The molecule has 0 unspecified atom stereocenters. The van der Waals surface area contributed by atoms with Crippen LogP contribution in [0.1, 0.15) is 96.8 Å². The van der Waals surface area contributed by atoms with Gasteiger partial charge >= 0.3 is 0 Å². The number of hydroxylamine groups is 1. The van der Waals surface area contributed by atoms with Gasteiger partial charge in [0.25, 0.3) is 0 Å². The van der Waals surface area contributed by atoms with Crippen LogP contribution in [0.2, 0.25) is 0 Å². The fourth-order valence-corrected chi connectivity index (χ4v) is 2.41. The van der Waals surface area contributed by atoms with E-state index in [1.165, 1.54) is 70.6 Å². The number of allylic oxidation sites excluding steroid dienone is 2. The summed E-state index contributed by atoms with van der Waals surface area (Å²) in [6.07, 6.45) is 21.4. The van der Waals surface area contributed by atoms with Crippen LogP contribution in [0.25, 0.3) is 0 Å². The van der Waals surface area contributed by atoms with Crippen molar-refractivity contribution in [1.29, 1.82) is 0 Å². The van der Waals surface area contributed by atoms with Gasteiger partial charge in [0.2, 0.25) is 5.91 Å². The van der Waals surface area contributed by atoms with Gasteiger partial charge < -0.3 is 0 Å². The summed E-state index contributed by atoms with van der Waals surface area (Å²) in [5.41, 5.74) is 1.67. The molecule has 22 heavy (non-hydrogen) atoms. The van der Waals surface area contributed by atoms with Crippen LogP contribution in [0, 0.1) is 0 Å². The van der Waals surface area contributed by atoms with E-state index in [1.807, 2.05) is 0 Å². The summed E-state index contributed by atoms with van der Waals surface area (Å²) in [7, 11) is 0. The molecule has 125 valence electrons. The second-order valence-corrected chi connectivity index (χ2v) is 5.87. The fraction of sp³-hybridized carbons (Fsp3) is 0.833. The van der Waals surface area contributed by atoms with Crippen LogP contribution in [-0.2, 0) is 4.79 Å². The maximum absolute atomic E-state index is 10.8. The molecule has 0 saturated heterocycles. The Labute approximate surface area is 159 Å². The molecule has 2 N–H and O–H groups in total. The first-order valence-electron chi connectivity index (χ1n) is 8.89. The predicted molar refractivity (Wildman–Crippen MR) is 95.1 cm³/mol. The van der Waals surface area contributed by atoms with Crippen molar-refractivity contribution in [1.82, 2.24) is 5.48 Å². The second kappa shape index (κ2) is 21.2. The SMILES string of the molecule is CCCCCCCCC=CCCCCCCCC(=O)NO.[Na]. The van der Waals surface area contributed by atoms with E-state index >= 15 is 0 Å². The van der Waals surface area contributed by atoms with Crippen LogP contribution >= 0.6 is 0 Å². The maximum Gasteiger partial charge on any atom is 0.243 e. The first-order chi connectivity index (χ1) is 10.3. The third-order valence-electron chi connectivity index (χ3n) is 3.79. The quantitative estimate of drug-likeness (QED) is 0.144. The van der Waals surface area contributed by atoms with Crippen molar-refractivity contribution in [3.05, 3.63) is 12.2 Å². The van der Waals surface area contributed by atoms with E-state index in [2.05, 4.69) is 19.1 Å². The number of nitrogens with one attached hydrogen (secondary N) is 1. The van der Waals surface area contributed by atoms with Crippen molar-refractivity contribution in [2.45, 2.75) is 96.8 Å². The average molecular weight is 320 g/mol. The number of hydrogen-bond acceptors (Lipinski definition) is 2. The molecule has 0 saturated carbocycles. The van der Waals surface area contributed by atoms with Gasteiger partial charge in [0, 0.05) is 36.0 Å². The van der Waals surface area contributed by atoms with Gasteiger partial charge in [-0.05, 0) is 32.1 Å². The Kier molecular flexibility index (Phi) is 23.5. The second-order valence-electron chi connectivity index (χ2n) is 5.87. The van der Waals surface area contributed by atoms with E-state index in [4.69, 9.17) is 5.21 Å². The zero-order chi connectivity index (χ0) is 15.6. The number of amides is 1. The third kappa shape index (κ3) is 20.2. The minimum absolute atomic E-state index is 0. The van der Waals surface area contributed by atoms with Gasteiger partial charge in [-0.3, -0.25) is 10.0 Å². The summed E-state index contributed by atoms with van der Waals surface area (Å²) in [4.78, 5) is 10.8. The first-order valence-corrected chi connectivity index (χ1v) is 8.89. The summed E-state index contributed by atoms with van der Waals surface area (Å²) in [5, 5.41) is 8.34. The Balaban J connectivity index is 0. The smallest absolute Gasteiger partial charge is 0.243 e. The molecule has 0 heterocycles. The number of unbranched alkanes of at least 4 members (excludes halogenated alkanes) is 11. The molecule has 1 radical (unpaired) electrons. The van der Waals surface area contributed by atoms with Crippen molar-refractivity contribution < 1.29 is 10.0 Å². The maximum atomic E-state index is 10.8. The fourth-order valence-electron chi connectivity index (χ4n) is 2.41. The molecule has 0 atom stereocenters. The zero-order valence-corrected chi connectivity index (χ0v) is 16.9. The van der Waals surface area contributed by atoms with Crippen molar-refractivity contribution in [3.8, 4) is 0 Å². The first kappa shape index (κ1) is 24.4. The Morgan fingerprint density at radius 3 is 1.77 bits per heavy atom. The molecule has 0 aliphatic carbocycles. The Bertz CT molecular complexity index is 257. The third-order valence-corrected chi connectivity index (χ3v) is 3.79. The molecular formula is C18H35NNaO2. The molecule has 0 aromatic rings. The van der Waals surface area contributed by atoms with Gasteiger partial charge in [-0.2, -0.15) is 0 Å². The number of hydrogen-bond donors (Lipinski definition) is 2. The topological polar surface area (TPSA) is 49.3 Å². The van der Waals surface area contributed by atoms with Crippen LogP contribution in [0.5, 0.6) is 0 Å². The van der Waals surface area contributed by atoms with Gasteiger partial charge in [-0.15, -0.1) is 0 Å². The number of carbonyl (C=O) groups excluding carboxylic acids is 1. The zero-order valence-electron chi connectivity index (χ0n) is 14.9. The van der Waals surface area contributed by atoms with Crippen LogP contribution < -0.4 is 5.48 Å². The molecule has 0 rings (SSSR count). The van der Waals surface area contributed by atoms with Crippen LogP contribution in [0.3, 0.4) is 0 Å². The Morgan fingerprint density at radius 1 is 0.818 bits per heavy atom. The number of carbonyl (C=O) groups is 1. The van der Waals surface area contributed by atoms with Crippen molar-refractivity contribution in [3.63, 3.8) is 0 Å². The summed E-state index contributed by atoms with van der Waals surface area (Å²) >= 11 is 0. The van der Waals surface area contributed by atoms with E-state index in [-0.39, 0.29) is 35.5 Å². The van der Waals surface area contributed by atoms with Gasteiger partial charge in [0.1, 0.15) is 0 Å². The molecule has 0 spiro atoms. The van der Waals surface area contributed by atoms with Gasteiger partial charge in [0.15, 0.2) is 0 Å². The van der Waals surface area contributed by atoms with E-state index < -0.39 is 0 Å². The largest absolute Gasteiger partial charge is 0.289 e. The minimum atomic E-state index is -0.271. The molecule has 0 aromatic carbocycles. The summed E-state index contributed by atoms with van der Waals surface area (Å²) in [6.45, 7) is 2.26. The summed E-state index contributed by atoms with van der Waals surface area (Å²) < 4.78 is 0. The molecule has 0 aliphatic heterocycles. The molecule has 1 amide bonds. The molecule has 4 heteroatoms. The van der Waals surface area contributed by atoms with Crippen molar-refractivity contribution >= 4 is 35.5 Å². The molecule has 0 aliphatic rings. The minimum Gasteiger partial charge on any atom is -0.289 e. The van der Waals surface area contributed by atoms with Crippen LogP contribution in [0.15, 0.2) is 12.2 Å². The van der Waals surface area contributed by atoms with Crippen molar-refractivity contribution in [2.75, 3.05) is 0 Å². The van der Waals surface area contributed by atoms with E-state index in [1.54, 1.807) is 5.48 Å². The normalized spacial score (nSPS) is 10.6.